The molecular weight excluding hydrogens is 344 g/mol. The Kier molecular flexibility index (Phi) is 5.52. The number of aliphatic hydroxyl groups excluding tert-OH is 1. The van der Waals surface area contributed by atoms with Gasteiger partial charge in [-0.1, -0.05) is 28.1 Å². The van der Waals surface area contributed by atoms with Crippen LogP contribution in [-0.4, -0.2) is 24.4 Å². The Balaban J connectivity index is 1.82. The summed E-state index contributed by atoms with van der Waals surface area (Å²) in [5.41, 5.74) is 0.281. The van der Waals surface area contributed by atoms with Gasteiger partial charge in [-0.25, -0.2) is 8.78 Å². The first-order valence-electron chi connectivity index (χ1n) is 6.30. The number of nitrogens with one attached hydrogen (secondary N) is 1. The predicted octanol–water partition coefficient (Wildman–Crippen LogP) is 3.58. The summed E-state index contributed by atoms with van der Waals surface area (Å²) in [6, 6.07) is 10.5. The highest BCUT2D eigenvalue weighted by molar-refractivity contribution is 9.10. The highest BCUT2D eigenvalue weighted by Crippen LogP contribution is 2.19. The fourth-order valence-electron chi connectivity index (χ4n) is 1.67. The van der Waals surface area contributed by atoms with Crippen LogP contribution < -0.4 is 10.1 Å². The van der Waals surface area contributed by atoms with Gasteiger partial charge in [-0.05, 0) is 30.3 Å². The number of halogens is 3. The summed E-state index contributed by atoms with van der Waals surface area (Å²) in [5, 5.41) is 12.5. The van der Waals surface area contributed by atoms with E-state index in [4.69, 9.17) is 4.74 Å². The molecule has 2 aromatic rings. The maximum absolute atomic E-state index is 13.5. The number of ether oxygens (including phenoxy) is 1. The minimum absolute atomic E-state index is 0.0753. The number of rotatable bonds is 6. The molecule has 1 atom stereocenters. The summed E-state index contributed by atoms with van der Waals surface area (Å²) in [5.74, 6) is -0.838. The van der Waals surface area contributed by atoms with Gasteiger partial charge in [-0.15, -0.1) is 0 Å². The lowest BCUT2D eigenvalue weighted by Gasteiger charge is -2.14. The Morgan fingerprint density at radius 3 is 2.62 bits per heavy atom. The topological polar surface area (TPSA) is 41.5 Å². The van der Waals surface area contributed by atoms with Gasteiger partial charge in [-0.2, -0.15) is 0 Å². The van der Waals surface area contributed by atoms with Crippen LogP contribution in [0.4, 0.5) is 14.5 Å². The number of hydrogen-bond donors (Lipinski definition) is 2. The number of anilines is 1. The van der Waals surface area contributed by atoms with Crippen molar-refractivity contribution in [1.29, 1.82) is 0 Å². The zero-order chi connectivity index (χ0) is 15.2. The van der Waals surface area contributed by atoms with E-state index in [1.807, 2.05) is 0 Å². The van der Waals surface area contributed by atoms with E-state index in [-0.39, 0.29) is 24.6 Å². The van der Waals surface area contributed by atoms with Crippen LogP contribution in [-0.2, 0) is 0 Å². The number of hydrogen-bond acceptors (Lipinski definition) is 3. The highest BCUT2D eigenvalue weighted by atomic mass is 79.9. The third-order valence-corrected chi connectivity index (χ3v) is 3.22. The standard InChI is InChI=1S/C15H14BrF2NO2/c16-10-5-6-14(13(18)7-10)19-8-11(20)9-21-15-4-2-1-3-12(15)17/h1-7,11,19-20H,8-9H2. The second kappa shape index (κ2) is 7.38. The van der Waals surface area contributed by atoms with Crippen molar-refractivity contribution in [2.24, 2.45) is 0 Å². The van der Waals surface area contributed by atoms with Gasteiger partial charge >= 0.3 is 0 Å². The van der Waals surface area contributed by atoms with Gasteiger partial charge in [0.2, 0.25) is 0 Å². The van der Waals surface area contributed by atoms with E-state index in [2.05, 4.69) is 21.2 Å². The molecule has 0 aliphatic heterocycles. The van der Waals surface area contributed by atoms with E-state index in [1.54, 1.807) is 24.3 Å². The number of benzene rings is 2. The molecule has 3 nitrogen and oxygen atoms in total. The van der Waals surface area contributed by atoms with Crippen molar-refractivity contribution in [2.45, 2.75) is 6.10 Å². The molecule has 2 N–H and O–H groups in total. The average molecular weight is 358 g/mol. The van der Waals surface area contributed by atoms with Crippen LogP contribution in [0.5, 0.6) is 5.75 Å². The van der Waals surface area contributed by atoms with Crippen molar-refractivity contribution >= 4 is 21.6 Å². The Bertz CT molecular complexity index is 610. The molecule has 0 heterocycles. The number of para-hydroxylation sites is 1. The normalized spacial score (nSPS) is 12.0. The van der Waals surface area contributed by atoms with Crippen molar-refractivity contribution in [3.63, 3.8) is 0 Å². The molecule has 0 aliphatic rings. The molecule has 0 aliphatic carbocycles. The molecule has 0 saturated heterocycles. The van der Waals surface area contributed by atoms with Gasteiger partial charge < -0.3 is 15.2 Å². The fraction of sp³-hybridized carbons (Fsp3) is 0.200. The van der Waals surface area contributed by atoms with Crippen LogP contribution in [0.25, 0.3) is 0 Å². The predicted molar refractivity (Wildman–Crippen MR) is 80.5 cm³/mol. The molecule has 6 heteroatoms. The third-order valence-electron chi connectivity index (χ3n) is 2.73. The maximum Gasteiger partial charge on any atom is 0.165 e. The second-order valence-corrected chi connectivity index (χ2v) is 5.32. The van der Waals surface area contributed by atoms with E-state index in [1.165, 1.54) is 18.2 Å². The second-order valence-electron chi connectivity index (χ2n) is 4.40. The van der Waals surface area contributed by atoms with E-state index in [0.29, 0.717) is 4.47 Å². The van der Waals surface area contributed by atoms with Gasteiger partial charge in [-0.3, -0.25) is 0 Å². The Hall–Kier alpha value is -1.66. The van der Waals surface area contributed by atoms with Crippen LogP contribution in [0.1, 0.15) is 0 Å². The first-order valence-corrected chi connectivity index (χ1v) is 7.10. The van der Waals surface area contributed by atoms with Crippen LogP contribution in [0, 0.1) is 11.6 Å². The third kappa shape index (κ3) is 4.68. The van der Waals surface area contributed by atoms with Crippen molar-refractivity contribution in [2.75, 3.05) is 18.5 Å². The quantitative estimate of drug-likeness (QED) is 0.830. The smallest absolute Gasteiger partial charge is 0.165 e. The lowest BCUT2D eigenvalue weighted by atomic mass is 10.3. The Morgan fingerprint density at radius 1 is 1.14 bits per heavy atom. The zero-order valence-electron chi connectivity index (χ0n) is 11.0. The van der Waals surface area contributed by atoms with Gasteiger partial charge in [0.25, 0.3) is 0 Å². The molecule has 2 aromatic carbocycles. The monoisotopic (exact) mass is 357 g/mol. The summed E-state index contributed by atoms with van der Waals surface area (Å²) in [4.78, 5) is 0. The zero-order valence-corrected chi connectivity index (χ0v) is 12.6. The van der Waals surface area contributed by atoms with E-state index >= 15 is 0 Å². The van der Waals surface area contributed by atoms with Crippen molar-refractivity contribution in [3.8, 4) is 5.75 Å². The van der Waals surface area contributed by atoms with Crippen LogP contribution >= 0.6 is 15.9 Å². The average Bonchev–Trinajstić information content (AvgIpc) is 2.45. The largest absolute Gasteiger partial charge is 0.488 e. The molecule has 0 fully saturated rings. The number of aliphatic hydroxyl groups is 1. The summed E-state index contributed by atoms with van der Waals surface area (Å²) < 4.78 is 32.7. The first kappa shape index (κ1) is 15.7. The summed E-state index contributed by atoms with van der Waals surface area (Å²) in [7, 11) is 0. The summed E-state index contributed by atoms with van der Waals surface area (Å²) >= 11 is 3.16. The molecule has 0 spiro atoms. The Labute approximate surface area is 129 Å². The van der Waals surface area contributed by atoms with Crippen LogP contribution in [0.2, 0.25) is 0 Å². The van der Waals surface area contributed by atoms with E-state index < -0.39 is 17.7 Å². The van der Waals surface area contributed by atoms with E-state index in [9.17, 15) is 13.9 Å². The van der Waals surface area contributed by atoms with Gasteiger partial charge in [0.1, 0.15) is 18.5 Å². The van der Waals surface area contributed by atoms with Crippen molar-refractivity contribution in [3.05, 3.63) is 58.6 Å². The van der Waals surface area contributed by atoms with Crippen molar-refractivity contribution < 1.29 is 18.6 Å². The Morgan fingerprint density at radius 2 is 1.90 bits per heavy atom. The molecule has 21 heavy (non-hydrogen) atoms. The van der Waals surface area contributed by atoms with Gasteiger partial charge in [0.05, 0.1) is 5.69 Å². The first-order chi connectivity index (χ1) is 10.1. The highest BCUT2D eigenvalue weighted by Gasteiger charge is 2.09. The lowest BCUT2D eigenvalue weighted by molar-refractivity contribution is 0.115. The van der Waals surface area contributed by atoms with E-state index in [0.717, 1.165) is 0 Å². The van der Waals surface area contributed by atoms with Gasteiger partial charge in [0, 0.05) is 11.0 Å². The summed E-state index contributed by atoms with van der Waals surface area (Å²) in [6.07, 6.45) is -0.896. The van der Waals surface area contributed by atoms with Crippen LogP contribution in [0.15, 0.2) is 46.9 Å². The molecule has 112 valence electrons. The fourth-order valence-corrected chi connectivity index (χ4v) is 2.00. The molecule has 0 saturated carbocycles. The molecule has 2 rings (SSSR count). The molecular formula is C15H14BrF2NO2. The lowest BCUT2D eigenvalue weighted by Crippen LogP contribution is -2.26. The minimum atomic E-state index is -0.896. The van der Waals surface area contributed by atoms with Crippen LogP contribution in [0.3, 0.4) is 0 Å². The van der Waals surface area contributed by atoms with Gasteiger partial charge in [0.15, 0.2) is 11.6 Å². The molecule has 0 bridgehead atoms. The SMILES string of the molecule is OC(CNc1ccc(Br)cc1F)COc1ccccc1F. The molecule has 0 radical (unpaired) electrons. The molecule has 0 aromatic heterocycles. The maximum atomic E-state index is 13.5. The summed E-state index contributed by atoms with van der Waals surface area (Å²) in [6.45, 7) is -0.000907. The van der Waals surface area contributed by atoms with Crippen molar-refractivity contribution in [1.82, 2.24) is 0 Å². The minimum Gasteiger partial charge on any atom is -0.488 e. The molecule has 0 amide bonds. The molecule has 1 unspecified atom stereocenters.